The Balaban J connectivity index is 2.43. The highest BCUT2D eigenvalue weighted by Gasteiger charge is 2.31. The maximum absolute atomic E-state index is 12.7. The van der Waals surface area contributed by atoms with Crippen LogP contribution in [0.2, 0.25) is 0 Å². The highest BCUT2D eigenvalue weighted by Crippen LogP contribution is 2.29. The molecule has 6 nitrogen and oxygen atoms in total. The highest BCUT2D eigenvalue weighted by atomic mass is 19.4. The second-order valence-corrected chi connectivity index (χ2v) is 4.63. The number of hydrogen-bond acceptors (Lipinski definition) is 4. The molecular formula is C14H11F3N2O4. The van der Waals surface area contributed by atoms with Crippen molar-refractivity contribution in [3.63, 3.8) is 0 Å². The fraction of sp³-hybridized carbons (Fsp3) is 0.214. The lowest BCUT2D eigenvalue weighted by atomic mass is 10.1. The van der Waals surface area contributed by atoms with Gasteiger partial charge >= 0.3 is 6.18 Å². The molecule has 0 aliphatic carbocycles. The highest BCUT2D eigenvalue weighted by molar-refractivity contribution is 5.44. The third-order valence-electron chi connectivity index (χ3n) is 3.13. The van der Waals surface area contributed by atoms with Gasteiger partial charge in [-0.15, -0.1) is 0 Å². The maximum atomic E-state index is 12.7. The van der Waals surface area contributed by atoms with Crippen molar-refractivity contribution >= 4 is 5.69 Å². The van der Waals surface area contributed by atoms with Crippen LogP contribution in [0, 0.1) is 10.1 Å². The second-order valence-electron chi connectivity index (χ2n) is 4.63. The van der Waals surface area contributed by atoms with Gasteiger partial charge in [0.1, 0.15) is 5.75 Å². The minimum absolute atomic E-state index is 0.114. The summed E-state index contributed by atoms with van der Waals surface area (Å²) in [4.78, 5) is 21.8. The van der Waals surface area contributed by atoms with Gasteiger partial charge in [-0.2, -0.15) is 13.2 Å². The Hall–Kier alpha value is -2.84. The van der Waals surface area contributed by atoms with Crippen molar-refractivity contribution in [2.24, 2.45) is 0 Å². The molecule has 0 saturated heterocycles. The lowest BCUT2D eigenvalue weighted by Crippen LogP contribution is -2.22. The zero-order chi connectivity index (χ0) is 17.2. The summed E-state index contributed by atoms with van der Waals surface area (Å²) < 4.78 is 44.0. The van der Waals surface area contributed by atoms with E-state index in [9.17, 15) is 28.1 Å². The van der Waals surface area contributed by atoms with E-state index in [1.807, 2.05) is 0 Å². The molecule has 122 valence electrons. The Bertz CT molecular complexity index is 799. The Morgan fingerprint density at radius 3 is 2.52 bits per heavy atom. The van der Waals surface area contributed by atoms with Gasteiger partial charge in [0, 0.05) is 23.9 Å². The number of nitrogens with zero attached hydrogens (tertiary/aromatic N) is 2. The maximum Gasteiger partial charge on any atom is 0.417 e. The number of rotatable bonds is 4. The van der Waals surface area contributed by atoms with Gasteiger partial charge in [0.05, 0.1) is 30.2 Å². The Kier molecular flexibility index (Phi) is 4.39. The number of nitro benzene ring substituents is 1. The van der Waals surface area contributed by atoms with Crippen molar-refractivity contribution in [1.29, 1.82) is 0 Å². The summed E-state index contributed by atoms with van der Waals surface area (Å²) in [6, 6.07) is 5.20. The number of hydrogen-bond donors (Lipinski definition) is 0. The summed E-state index contributed by atoms with van der Waals surface area (Å²) in [5, 5.41) is 10.7. The molecule has 2 rings (SSSR count). The van der Waals surface area contributed by atoms with Gasteiger partial charge in [0.25, 0.3) is 11.2 Å². The van der Waals surface area contributed by atoms with Crippen molar-refractivity contribution in [3.05, 3.63) is 68.1 Å². The van der Waals surface area contributed by atoms with Gasteiger partial charge in [-0.1, -0.05) is 0 Å². The van der Waals surface area contributed by atoms with Crippen LogP contribution in [0.15, 0.2) is 41.3 Å². The molecule has 23 heavy (non-hydrogen) atoms. The molecule has 0 bridgehead atoms. The summed E-state index contributed by atoms with van der Waals surface area (Å²) >= 11 is 0. The fourth-order valence-electron chi connectivity index (χ4n) is 1.98. The third kappa shape index (κ3) is 3.68. The van der Waals surface area contributed by atoms with Crippen molar-refractivity contribution in [3.8, 4) is 5.75 Å². The molecule has 0 unspecified atom stereocenters. The smallest absolute Gasteiger partial charge is 0.417 e. The van der Waals surface area contributed by atoms with E-state index in [1.54, 1.807) is 0 Å². The van der Waals surface area contributed by atoms with Crippen LogP contribution in [0.25, 0.3) is 0 Å². The molecule has 0 aliphatic heterocycles. The lowest BCUT2D eigenvalue weighted by Gasteiger charge is -2.12. The molecule has 1 aromatic heterocycles. The van der Waals surface area contributed by atoms with Crippen LogP contribution in [0.3, 0.4) is 0 Å². The number of halogens is 3. The molecule has 0 fully saturated rings. The molecular weight excluding hydrogens is 317 g/mol. The van der Waals surface area contributed by atoms with Crippen LogP contribution in [0.4, 0.5) is 18.9 Å². The molecule has 2 aromatic rings. The minimum atomic E-state index is -4.57. The molecule has 0 atom stereocenters. The molecule has 0 N–H and O–H groups in total. The van der Waals surface area contributed by atoms with Crippen LogP contribution in [-0.4, -0.2) is 16.6 Å². The molecule has 1 heterocycles. The van der Waals surface area contributed by atoms with E-state index >= 15 is 0 Å². The van der Waals surface area contributed by atoms with Gasteiger partial charge in [-0.3, -0.25) is 14.9 Å². The molecule has 0 amide bonds. The van der Waals surface area contributed by atoms with E-state index in [0.717, 1.165) is 16.7 Å². The summed E-state index contributed by atoms with van der Waals surface area (Å²) in [7, 11) is 1.28. The predicted molar refractivity (Wildman–Crippen MR) is 74.5 cm³/mol. The van der Waals surface area contributed by atoms with Crippen LogP contribution >= 0.6 is 0 Å². The number of alkyl halides is 3. The third-order valence-corrected chi connectivity index (χ3v) is 3.13. The number of benzene rings is 1. The van der Waals surface area contributed by atoms with Crippen molar-refractivity contribution in [2.45, 2.75) is 12.7 Å². The molecule has 9 heteroatoms. The van der Waals surface area contributed by atoms with Crippen LogP contribution in [0.1, 0.15) is 11.1 Å². The van der Waals surface area contributed by atoms with Crippen molar-refractivity contribution in [1.82, 2.24) is 4.57 Å². The van der Waals surface area contributed by atoms with Gasteiger partial charge in [0.2, 0.25) is 0 Å². The second kappa shape index (κ2) is 6.11. The Labute approximate surface area is 127 Å². The number of aromatic nitrogens is 1. The van der Waals surface area contributed by atoms with Gasteiger partial charge < -0.3 is 9.30 Å². The van der Waals surface area contributed by atoms with E-state index in [2.05, 4.69) is 0 Å². The zero-order valence-electron chi connectivity index (χ0n) is 11.8. The van der Waals surface area contributed by atoms with Crippen LogP contribution in [0.5, 0.6) is 5.75 Å². The number of methoxy groups -OCH3 is 1. The van der Waals surface area contributed by atoms with E-state index in [0.29, 0.717) is 17.8 Å². The van der Waals surface area contributed by atoms with Crippen LogP contribution < -0.4 is 10.3 Å². The van der Waals surface area contributed by atoms with E-state index in [1.165, 1.54) is 19.2 Å². The number of nitro groups is 1. The van der Waals surface area contributed by atoms with Crippen LogP contribution in [-0.2, 0) is 12.7 Å². The molecule has 1 aromatic carbocycles. The van der Waals surface area contributed by atoms with Crippen molar-refractivity contribution < 1.29 is 22.8 Å². The molecule has 0 aliphatic rings. The van der Waals surface area contributed by atoms with Gasteiger partial charge in [0.15, 0.2) is 0 Å². The van der Waals surface area contributed by atoms with E-state index in [4.69, 9.17) is 4.74 Å². The lowest BCUT2D eigenvalue weighted by molar-refractivity contribution is -0.384. The number of non-ortho nitro benzene ring substituents is 1. The average molecular weight is 328 g/mol. The topological polar surface area (TPSA) is 74.4 Å². The first-order valence-electron chi connectivity index (χ1n) is 6.31. The fourth-order valence-corrected chi connectivity index (χ4v) is 1.98. The predicted octanol–water partition coefficient (Wildman–Crippen LogP) is 2.83. The quantitative estimate of drug-likeness (QED) is 0.639. The monoisotopic (exact) mass is 328 g/mol. The summed E-state index contributed by atoms with van der Waals surface area (Å²) in [5.41, 5.74) is -1.46. The Morgan fingerprint density at radius 1 is 1.26 bits per heavy atom. The van der Waals surface area contributed by atoms with E-state index < -0.39 is 22.2 Å². The molecule has 0 spiro atoms. The first kappa shape index (κ1) is 16.5. The summed E-state index contributed by atoms with van der Waals surface area (Å²) in [5.74, 6) is 0.114. The zero-order valence-corrected chi connectivity index (χ0v) is 11.8. The first-order valence-corrected chi connectivity index (χ1v) is 6.31. The summed E-state index contributed by atoms with van der Waals surface area (Å²) in [6.45, 7) is -0.204. The standard InChI is InChI=1S/C14H11F3N2O4/c1-23-12-6-11(19(21)22)4-2-9(12)7-18-8-10(14(15,16)17)3-5-13(18)20/h2-6,8H,7H2,1H3. The SMILES string of the molecule is COc1cc([N+](=O)[O-])ccc1Cn1cc(C(F)(F)F)ccc1=O. The number of ether oxygens (including phenoxy) is 1. The van der Waals surface area contributed by atoms with E-state index in [-0.39, 0.29) is 18.0 Å². The summed E-state index contributed by atoms with van der Waals surface area (Å²) in [6.07, 6.45) is -3.88. The normalized spacial score (nSPS) is 11.3. The molecule has 0 saturated carbocycles. The minimum Gasteiger partial charge on any atom is -0.496 e. The Morgan fingerprint density at radius 2 is 1.96 bits per heavy atom. The molecule has 0 radical (unpaired) electrons. The number of pyridine rings is 1. The average Bonchev–Trinajstić information content (AvgIpc) is 2.48. The van der Waals surface area contributed by atoms with Crippen molar-refractivity contribution in [2.75, 3.05) is 7.11 Å². The first-order chi connectivity index (χ1) is 10.7. The largest absolute Gasteiger partial charge is 0.496 e. The van der Waals surface area contributed by atoms with Gasteiger partial charge in [-0.05, 0) is 12.1 Å². The van der Waals surface area contributed by atoms with Gasteiger partial charge in [-0.25, -0.2) is 0 Å².